The fourth-order valence-corrected chi connectivity index (χ4v) is 2.49. The van der Waals surface area contributed by atoms with Gasteiger partial charge in [0.1, 0.15) is 11.2 Å². The topological polar surface area (TPSA) is 52.6 Å². The lowest BCUT2D eigenvalue weighted by molar-refractivity contribution is -0.149. The molecule has 2 rings (SSSR count). The van der Waals surface area contributed by atoms with Crippen LogP contribution in [-0.4, -0.2) is 23.1 Å². The highest BCUT2D eigenvalue weighted by atomic mass is 16.6. The Hall–Kier alpha value is -2.88. The monoisotopic (exact) mass is 380 g/mol. The summed E-state index contributed by atoms with van der Waals surface area (Å²) >= 11 is 0. The zero-order chi connectivity index (χ0) is 20.9. The van der Waals surface area contributed by atoms with Gasteiger partial charge in [-0.1, -0.05) is 24.3 Å². The van der Waals surface area contributed by atoms with Crippen molar-refractivity contribution in [1.29, 1.82) is 0 Å². The van der Waals surface area contributed by atoms with Gasteiger partial charge in [-0.2, -0.15) is 0 Å². The number of benzene rings is 2. The number of rotatable bonds is 4. The normalized spacial score (nSPS) is 12.6. The number of fused-ring (bicyclic) bond motifs is 1. The van der Waals surface area contributed by atoms with Crippen LogP contribution in [0.1, 0.15) is 52.7 Å². The molecular weight excluding hydrogens is 352 g/mol. The Morgan fingerprint density at radius 3 is 1.36 bits per heavy atom. The summed E-state index contributed by atoms with van der Waals surface area (Å²) < 4.78 is 10.5. The summed E-state index contributed by atoms with van der Waals surface area (Å²) in [7, 11) is 0. The Morgan fingerprint density at radius 1 is 0.679 bits per heavy atom. The Kier molecular flexibility index (Phi) is 6.45. The third kappa shape index (κ3) is 7.39. The molecule has 0 aliphatic rings. The highest BCUT2D eigenvalue weighted by molar-refractivity contribution is 5.92. The third-order valence-corrected chi connectivity index (χ3v) is 3.53. The Labute approximate surface area is 166 Å². The first-order chi connectivity index (χ1) is 12.9. The number of hydrogen-bond acceptors (Lipinski definition) is 4. The molecule has 4 heteroatoms. The van der Waals surface area contributed by atoms with Crippen molar-refractivity contribution in [3.63, 3.8) is 0 Å². The number of carbonyl (C=O) groups is 2. The van der Waals surface area contributed by atoms with Crippen LogP contribution in [0, 0.1) is 0 Å². The molecule has 0 saturated heterocycles. The van der Waals surface area contributed by atoms with Crippen LogP contribution in [0.4, 0.5) is 0 Å². The average molecular weight is 380 g/mol. The van der Waals surface area contributed by atoms with Gasteiger partial charge >= 0.3 is 11.9 Å². The van der Waals surface area contributed by atoms with Crippen molar-refractivity contribution >= 4 is 34.9 Å². The van der Waals surface area contributed by atoms with Crippen LogP contribution in [-0.2, 0) is 19.1 Å². The second-order valence-corrected chi connectivity index (χ2v) is 8.60. The van der Waals surface area contributed by atoms with Gasteiger partial charge < -0.3 is 9.47 Å². The van der Waals surface area contributed by atoms with Crippen molar-refractivity contribution in [2.45, 2.75) is 52.7 Å². The number of carbonyl (C=O) groups excluding carboxylic acids is 2. The smallest absolute Gasteiger partial charge is 0.331 e. The summed E-state index contributed by atoms with van der Waals surface area (Å²) in [6.07, 6.45) is 6.35. The molecule has 0 aromatic heterocycles. The third-order valence-electron chi connectivity index (χ3n) is 3.53. The zero-order valence-electron chi connectivity index (χ0n) is 17.4. The molecule has 0 N–H and O–H groups in total. The molecule has 0 aliphatic carbocycles. The molecule has 2 aromatic carbocycles. The second kappa shape index (κ2) is 8.42. The first-order valence-corrected chi connectivity index (χ1v) is 9.27. The van der Waals surface area contributed by atoms with Crippen LogP contribution in [0.3, 0.4) is 0 Å². The minimum Gasteiger partial charge on any atom is -0.457 e. The summed E-state index contributed by atoms with van der Waals surface area (Å²) in [5.74, 6) is -0.731. The van der Waals surface area contributed by atoms with Crippen LogP contribution in [0.2, 0.25) is 0 Å². The number of hydrogen-bond donors (Lipinski definition) is 0. The van der Waals surface area contributed by atoms with E-state index < -0.39 is 11.2 Å². The molecule has 0 saturated carbocycles. The standard InChI is InChI=1S/C24H28O4/c1-23(2,3)27-21(25)13-9-17-7-11-20-16-18(8-12-19(20)15-17)10-14-22(26)28-24(4,5)6/h7-16H,1-6H3/b13-9-,14-10-. The maximum Gasteiger partial charge on any atom is 0.331 e. The van der Waals surface area contributed by atoms with Crippen LogP contribution < -0.4 is 0 Å². The molecule has 0 fully saturated rings. The summed E-state index contributed by atoms with van der Waals surface area (Å²) in [6.45, 7) is 11.0. The molecule has 0 aliphatic heterocycles. The zero-order valence-corrected chi connectivity index (χ0v) is 17.4. The maximum atomic E-state index is 11.8. The lowest BCUT2D eigenvalue weighted by Gasteiger charge is -2.18. The molecule has 148 valence electrons. The van der Waals surface area contributed by atoms with Gasteiger partial charge in [0.25, 0.3) is 0 Å². The number of ether oxygens (including phenoxy) is 2. The quantitative estimate of drug-likeness (QED) is 0.515. The van der Waals surface area contributed by atoms with Crippen molar-refractivity contribution in [2.24, 2.45) is 0 Å². The van der Waals surface area contributed by atoms with Gasteiger partial charge in [0.05, 0.1) is 0 Å². The lowest BCUT2D eigenvalue weighted by atomic mass is 10.0. The largest absolute Gasteiger partial charge is 0.457 e. The Bertz CT molecular complexity index is 845. The fraction of sp³-hybridized carbons (Fsp3) is 0.333. The summed E-state index contributed by atoms with van der Waals surface area (Å²) in [5, 5.41) is 2.08. The van der Waals surface area contributed by atoms with Gasteiger partial charge in [-0.15, -0.1) is 0 Å². The van der Waals surface area contributed by atoms with Crippen molar-refractivity contribution in [1.82, 2.24) is 0 Å². The molecule has 0 spiro atoms. The van der Waals surface area contributed by atoms with Crippen LogP contribution in [0.25, 0.3) is 22.9 Å². The summed E-state index contributed by atoms with van der Waals surface area (Å²) in [4.78, 5) is 23.6. The summed E-state index contributed by atoms with van der Waals surface area (Å²) in [5.41, 5.74) is 0.813. The predicted octanol–water partition coefficient (Wildman–Crippen LogP) is 5.55. The van der Waals surface area contributed by atoms with E-state index in [0.29, 0.717) is 0 Å². The molecule has 0 radical (unpaired) electrons. The van der Waals surface area contributed by atoms with E-state index in [-0.39, 0.29) is 11.9 Å². The fourth-order valence-electron chi connectivity index (χ4n) is 2.49. The Balaban J connectivity index is 2.11. The Morgan fingerprint density at radius 2 is 1.04 bits per heavy atom. The van der Waals surface area contributed by atoms with Crippen molar-refractivity contribution in [2.75, 3.05) is 0 Å². The van der Waals surface area contributed by atoms with E-state index in [0.717, 1.165) is 21.9 Å². The highest BCUT2D eigenvalue weighted by Crippen LogP contribution is 2.20. The first-order valence-electron chi connectivity index (χ1n) is 9.27. The van der Waals surface area contributed by atoms with E-state index >= 15 is 0 Å². The van der Waals surface area contributed by atoms with Gasteiger partial charge in [-0.25, -0.2) is 9.59 Å². The second-order valence-electron chi connectivity index (χ2n) is 8.60. The van der Waals surface area contributed by atoms with E-state index in [1.807, 2.05) is 77.9 Å². The van der Waals surface area contributed by atoms with Crippen molar-refractivity contribution in [3.8, 4) is 0 Å². The molecule has 0 unspecified atom stereocenters. The van der Waals surface area contributed by atoms with Crippen LogP contribution >= 0.6 is 0 Å². The minimum absolute atomic E-state index is 0.366. The van der Waals surface area contributed by atoms with Crippen molar-refractivity contribution < 1.29 is 19.1 Å². The van der Waals surface area contributed by atoms with Crippen LogP contribution in [0.5, 0.6) is 0 Å². The average Bonchev–Trinajstić information content (AvgIpc) is 2.55. The minimum atomic E-state index is -0.506. The van der Waals surface area contributed by atoms with E-state index in [2.05, 4.69) is 0 Å². The van der Waals surface area contributed by atoms with Gasteiger partial charge in [-0.3, -0.25) is 0 Å². The molecule has 0 heterocycles. The lowest BCUT2D eigenvalue weighted by Crippen LogP contribution is -2.22. The molecule has 28 heavy (non-hydrogen) atoms. The van der Waals surface area contributed by atoms with Gasteiger partial charge in [0, 0.05) is 12.2 Å². The van der Waals surface area contributed by atoms with Crippen LogP contribution in [0.15, 0.2) is 48.6 Å². The highest BCUT2D eigenvalue weighted by Gasteiger charge is 2.14. The SMILES string of the molecule is CC(C)(C)OC(=O)/C=C\c1ccc2cc(/C=C\C(=O)OC(C)(C)C)ccc2c1. The van der Waals surface area contributed by atoms with E-state index in [9.17, 15) is 9.59 Å². The van der Waals surface area contributed by atoms with Gasteiger partial charge in [0.15, 0.2) is 0 Å². The molecule has 0 bridgehead atoms. The van der Waals surface area contributed by atoms with Crippen molar-refractivity contribution in [3.05, 3.63) is 59.7 Å². The molecule has 0 amide bonds. The molecule has 2 aromatic rings. The number of esters is 2. The molecular formula is C24H28O4. The van der Waals surface area contributed by atoms with E-state index in [1.165, 1.54) is 12.2 Å². The first kappa shape index (κ1) is 21.4. The van der Waals surface area contributed by atoms with E-state index in [1.54, 1.807) is 12.2 Å². The van der Waals surface area contributed by atoms with Gasteiger partial charge in [0.2, 0.25) is 0 Å². The molecule has 0 atom stereocenters. The maximum absolute atomic E-state index is 11.8. The van der Waals surface area contributed by atoms with E-state index in [4.69, 9.17) is 9.47 Å². The summed E-state index contributed by atoms with van der Waals surface area (Å²) in [6, 6.07) is 11.8. The molecule has 4 nitrogen and oxygen atoms in total. The predicted molar refractivity (Wildman–Crippen MR) is 114 cm³/mol. The van der Waals surface area contributed by atoms with Gasteiger partial charge in [-0.05, 0) is 87.7 Å².